The lowest BCUT2D eigenvalue weighted by molar-refractivity contribution is -0.132. The van der Waals surface area contributed by atoms with Crippen molar-refractivity contribution in [2.75, 3.05) is 32.4 Å². The normalized spacial score (nSPS) is 19.6. The van der Waals surface area contributed by atoms with E-state index in [1.165, 1.54) is 0 Å². The van der Waals surface area contributed by atoms with Crippen LogP contribution in [0.4, 0.5) is 0 Å². The van der Waals surface area contributed by atoms with Crippen LogP contribution in [-0.2, 0) is 21.3 Å². The van der Waals surface area contributed by atoms with Gasteiger partial charge in [0, 0.05) is 54.9 Å². The minimum atomic E-state index is -0.924. The summed E-state index contributed by atoms with van der Waals surface area (Å²) in [5.41, 5.74) is 1.09. The van der Waals surface area contributed by atoms with Gasteiger partial charge in [0.2, 0.25) is 5.91 Å². The average molecular weight is 365 g/mol. The molecule has 1 amide bonds. The number of nitrogens with zero attached hydrogens (tertiary/aromatic N) is 2. The molecule has 2 atom stereocenters. The Morgan fingerprint density at radius 1 is 1.36 bits per heavy atom. The summed E-state index contributed by atoms with van der Waals surface area (Å²) in [6.07, 6.45) is 1.38. The van der Waals surface area contributed by atoms with E-state index in [0.29, 0.717) is 31.0 Å². The van der Waals surface area contributed by atoms with Crippen molar-refractivity contribution in [3.05, 3.63) is 35.9 Å². The first-order chi connectivity index (χ1) is 12.1. The zero-order valence-corrected chi connectivity index (χ0v) is 15.8. The number of carbonyl (C=O) groups is 1. The highest BCUT2D eigenvalue weighted by Gasteiger charge is 2.23. The Morgan fingerprint density at radius 2 is 2.12 bits per heavy atom. The fraction of sp³-hybridized carbons (Fsp3) is 0.556. The Balaban J connectivity index is 1.80. The highest BCUT2D eigenvalue weighted by molar-refractivity contribution is 7.84. The molecule has 1 aliphatic heterocycles. The maximum Gasteiger partial charge on any atom is 0.222 e. The molecule has 6 nitrogen and oxygen atoms in total. The molecule has 1 aromatic carbocycles. The number of rotatable bonds is 7. The van der Waals surface area contributed by atoms with Gasteiger partial charge in [0.15, 0.2) is 5.96 Å². The molecule has 0 spiro atoms. The molecule has 1 aliphatic rings. The van der Waals surface area contributed by atoms with Gasteiger partial charge < -0.3 is 15.5 Å². The van der Waals surface area contributed by atoms with Gasteiger partial charge in [-0.3, -0.25) is 14.0 Å². The first-order valence-corrected chi connectivity index (χ1v) is 10.2. The number of hydrogen-bond acceptors (Lipinski definition) is 3. The van der Waals surface area contributed by atoms with Crippen molar-refractivity contribution in [2.45, 2.75) is 31.6 Å². The smallest absolute Gasteiger partial charge is 0.222 e. The molecule has 0 radical (unpaired) electrons. The van der Waals surface area contributed by atoms with E-state index < -0.39 is 10.8 Å². The van der Waals surface area contributed by atoms with Crippen molar-refractivity contribution in [3.8, 4) is 0 Å². The third kappa shape index (κ3) is 6.86. The molecular weight excluding hydrogens is 336 g/mol. The molecule has 0 aromatic heterocycles. The number of piperidine rings is 1. The second-order valence-corrected chi connectivity index (χ2v) is 7.77. The molecule has 1 aromatic rings. The molecule has 1 fully saturated rings. The Hall–Kier alpha value is -1.89. The first kappa shape index (κ1) is 19.4. The van der Waals surface area contributed by atoms with Gasteiger partial charge in [0.1, 0.15) is 0 Å². The van der Waals surface area contributed by atoms with Crippen molar-refractivity contribution < 1.29 is 9.00 Å². The van der Waals surface area contributed by atoms with E-state index in [9.17, 15) is 9.00 Å². The molecule has 1 heterocycles. The van der Waals surface area contributed by atoms with Gasteiger partial charge in [-0.05, 0) is 18.9 Å². The summed E-state index contributed by atoms with van der Waals surface area (Å²) in [6, 6.07) is 10.1. The SMILES string of the molecule is CCNC(=NCCS(=O)Cc1ccccc1)NC1CCC(=O)N(C)C1. The van der Waals surface area contributed by atoms with Crippen LogP contribution in [0.5, 0.6) is 0 Å². The molecule has 0 saturated carbocycles. The van der Waals surface area contributed by atoms with Crippen LogP contribution < -0.4 is 10.6 Å². The van der Waals surface area contributed by atoms with Gasteiger partial charge in [-0.1, -0.05) is 30.3 Å². The molecule has 138 valence electrons. The van der Waals surface area contributed by atoms with Gasteiger partial charge in [-0.2, -0.15) is 0 Å². The summed E-state index contributed by atoms with van der Waals surface area (Å²) in [5, 5.41) is 6.59. The second kappa shape index (κ2) is 10.2. The third-order valence-electron chi connectivity index (χ3n) is 4.07. The summed E-state index contributed by atoms with van der Waals surface area (Å²) >= 11 is 0. The van der Waals surface area contributed by atoms with Crippen LogP contribution in [0.15, 0.2) is 35.3 Å². The third-order valence-corrected chi connectivity index (χ3v) is 5.36. The van der Waals surface area contributed by atoms with Crippen molar-refractivity contribution in [2.24, 2.45) is 4.99 Å². The Kier molecular flexibility index (Phi) is 7.91. The molecule has 2 N–H and O–H groups in total. The number of aliphatic imine (C=N–C) groups is 1. The van der Waals surface area contributed by atoms with Crippen LogP contribution in [-0.4, -0.2) is 59.5 Å². The minimum Gasteiger partial charge on any atom is -0.357 e. The van der Waals surface area contributed by atoms with Gasteiger partial charge in [-0.25, -0.2) is 0 Å². The molecule has 1 saturated heterocycles. The minimum absolute atomic E-state index is 0.191. The van der Waals surface area contributed by atoms with E-state index in [4.69, 9.17) is 0 Å². The summed E-state index contributed by atoms with van der Waals surface area (Å²) < 4.78 is 12.2. The van der Waals surface area contributed by atoms with E-state index >= 15 is 0 Å². The van der Waals surface area contributed by atoms with E-state index in [0.717, 1.165) is 24.5 Å². The van der Waals surface area contributed by atoms with Crippen LogP contribution in [0, 0.1) is 0 Å². The molecular formula is C18H28N4O2S. The quantitative estimate of drug-likeness (QED) is 0.562. The lowest BCUT2D eigenvalue weighted by atomic mass is 10.1. The Morgan fingerprint density at radius 3 is 2.80 bits per heavy atom. The molecule has 25 heavy (non-hydrogen) atoms. The largest absolute Gasteiger partial charge is 0.357 e. The first-order valence-electron chi connectivity index (χ1n) is 8.76. The number of carbonyl (C=O) groups excluding carboxylic acids is 1. The lowest BCUT2D eigenvalue weighted by Crippen LogP contribution is -2.51. The van der Waals surface area contributed by atoms with Crippen molar-refractivity contribution in [1.82, 2.24) is 15.5 Å². The monoisotopic (exact) mass is 364 g/mol. The maximum absolute atomic E-state index is 12.2. The highest BCUT2D eigenvalue weighted by Crippen LogP contribution is 2.09. The standard InChI is InChI=1S/C18H28N4O2S/c1-3-19-18(21-16-9-10-17(23)22(2)13-16)20-11-12-25(24)14-15-7-5-4-6-8-15/h4-8,16H,3,9-14H2,1-2H3,(H2,19,20,21). The number of likely N-dealkylation sites (tertiary alicyclic amines) is 1. The van der Waals surface area contributed by atoms with Crippen LogP contribution >= 0.6 is 0 Å². The van der Waals surface area contributed by atoms with Crippen LogP contribution in [0.25, 0.3) is 0 Å². The number of amides is 1. The predicted molar refractivity (Wildman–Crippen MR) is 103 cm³/mol. The van der Waals surface area contributed by atoms with Crippen LogP contribution in [0.1, 0.15) is 25.3 Å². The zero-order valence-electron chi connectivity index (χ0n) is 15.0. The predicted octanol–water partition coefficient (Wildman–Crippen LogP) is 1.11. The van der Waals surface area contributed by atoms with Crippen molar-refractivity contribution in [3.63, 3.8) is 0 Å². The summed E-state index contributed by atoms with van der Waals surface area (Å²) in [6.45, 7) is 3.97. The van der Waals surface area contributed by atoms with Crippen molar-refractivity contribution in [1.29, 1.82) is 0 Å². The lowest BCUT2D eigenvalue weighted by Gasteiger charge is -2.31. The van der Waals surface area contributed by atoms with Gasteiger partial charge in [0.05, 0.1) is 6.54 Å². The average Bonchev–Trinajstić information content (AvgIpc) is 2.59. The number of guanidine groups is 1. The summed E-state index contributed by atoms with van der Waals surface area (Å²) in [7, 11) is 0.902. The molecule has 7 heteroatoms. The Bertz CT molecular complexity index is 606. The maximum atomic E-state index is 12.2. The number of likely N-dealkylation sites (N-methyl/N-ethyl adjacent to an activating group) is 1. The molecule has 2 rings (SSSR count). The fourth-order valence-corrected chi connectivity index (χ4v) is 3.74. The van der Waals surface area contributed by atoms with Crippen molar-refractivity contribution >= 4 is 22.7 Å². The van der Waals surface area contributed by atoms with E-state index in [1.807, 2.05) is 44.3 Å². The highest BCUT2D eigenvalue weighted by atomic mass is 32.2. The van der Waals surface area contributed by atoms with Gasteiger partial charge in [0.25, 0.3) is 0 Å². The van der Waals surface area contributed by atoms with E-state index in [-0.39, 0.29) is 11.9 Å². The Labute approximate surface area is 152 Å². The summed E-state index contributed by atoms with van der Waals surface area (Å²) in [5.74, 6) is 2.02. The number of hydrogen-bond donors (Lipinski definition) is 2. The topological polar surface area (TPSA) is 73.8 Å². The van der Waals surface area contributed by atoms with E-state index in [1.54, 1.807) is 4.90 Å². The van der Waals surface area contributed by atoms with Crippen LogP contribution in [0.3, 0.4) is 0 Å². The molecule has 0 bridgehead atoms. The fourth-order valence-electron chi connectivity index (χ4n) is 2.73. The van der Waals surface area contributed by atoms with Gasteiger partial charge in [-0.15, -0.1) is 0 Å². The molecule has 0 aliphatic carbocycles. The number of nitrogens with one attached hydrogen (secondary N) is 2. The zero-order chi connectivity index (χ0) is 18.1. The molecule has 2 unspecified atom stereocenters. The summed E-state index contributed by atoms with van der Waals surface area (Å²) in [4.78, 5) is 17.8. The second-order valence-electron chi connectivity index (χ2n) is 6.19. The van der Waals surface area contributed by atoms with E-state index in [2.05, 4.69) is 15.6 Å². The van der Waals surface area contributed by atoms with Gasteiger partial charge >= 0.3 is 0 Å². The van der Waals surface area contributed by atoms with Crippen LogP contribution in [0.2, 0.25) is 0 Å². The number of benzene rings is 1.